The van der Waals surface area contributed by atoms with Crippen molar-refractivity contribution in [2.75, 3.05) is 18.0 Å². The van der Waals surface area contributed by atoms with Crippen LogP contribution in [-0.4, -0.2) is 41.1 Å². The normalized spacial score (nSPS) is 11.4. The molecule has 0 saturated carbocycles. The van der Waals surface area contributed by atoms with Crippen LogP contribution in [0.5, 0.6) is 0 Å². The molecule has 0 amide bonds. The second-order valence-electron chi connectivity index (χ2n) is 8.50. The molecule has 3 heterocycles. The number of imidazole rings is 2. The number of aryl methyl sites for hydroxylation is 1. The van der Waals surface area contributed by atoms with Crippen molar-refractivity contribution in [1.29, 1.82) is 0 Å². The van der Waals surface area contributed by atoms with Gasteiger partial charge in [-0.2, -0.15) is 4.98 Å². The summed E-state index contributed by atoms with van der Waals surface area (Å²) in [6.45, 7) is 5.95. The van der Waals surface area contributed by atoms with Crippen LogP contribution in [0, 0.1) is 10.1 Å². The fourth-order valence-electron chi connectivity index (χ4n) is 4.58. The lowest BCUT2D eigenvalue weighted by Gasteiger charge is -2.21. The fraction of sp³-hybridized carbons (Fsp3) is 0.240. The third-order valence-electron chi connectivity index (χ3n) is 6.58. The highest BCUT2D eigenvalue weighted by molar-refractivity contribution is 5.79. The van der Waals surface area contributed by atoms with E-state index < -0.39 is 16.2 Å². The Morgan fingerprint density at radius 1 is 0.944 bits per heavy atom. The number of nitrogens with zero attached hydrogens (tertiary/aromatic N) is 7. The highest BCUT2D eigenvalue weighted by atomic mass is 16.6. The lowest BCUT2D eigenvalue weighted by molar-refractivity contribution is -0.384. The van der Waals surface area contributed by atoms with Gasteiger partial charge in [0.05, 0.1) is 10.6 Å². The van der Waals surface area contributed by atoms with E-state index in [1.54, 1.807) is 29.8 Å². The first kappa shape index (κ1) is 23.1. The van der Waals surface area contributed by atoms with Crippen LogP contribution in [0.2, 0.25) is 0 Å². The minimum absolute atomic E-state index is 0.0143. The lowest BCUT2D eigenvalue weighted by Crippen LogP contribution is -2.37. The van der Waals surface area contributed by atoms with Crippen molar-refractivity contribution in [2.45, 2.75) is 13.8 Å². The smallest absolute Gasteiger partial charge is 0.332 e. The van der Waals surface area contributed by atoms with Gasteiger partial charge in [0.1, 0.15) is 0 Å². The standard InChI is InChI=1S/C25H25N7O4/c1-5-29(6-2)17-11-13-18(14-12-17)31-20(16-7-9-19(10-8-16)32(35)36)15-30-21-22(26-24(30)31)27(3)25(34)28(4)23(21)33/h7-15H,5-6H2,1-4H3. The van der Waals surface area contributed by atoms with Crippen LogP contribution >= 0.6 is 0 Å². The molecule has 11 nitrogen and oxygen atoms in total. The van der Waals surface area contributed by atoms with Gasteiger partial charge in [-0.25, -0.2) is 4.79 Å². The van der Waals surface area contributed by atoms with E-state index in [1.165, 1.54) is 23.7 Å². The van der Waals surface area contributed by atoms with E-state index in [-0.39, 0.29) is 16.9 Å². The Morgan fingerprint density at radius 3 is 2.17 bits per heavy atom. The van der Waals surface area contributed by atoms with Gasteiger partial charge < -0.3 is 4.90 Å². The monoisotopic (exact) mass is 487 g/mol. The van der Waals surface area contributed by atoms with Gasteiger partial charge in [-0.05, 0) is 50.2 Å². The summed E-state index contributed by atoms with van der Waals surface area (Å²) in [5, 5.41) is 11.2. The summed E-state index contributed by atoms with van der Waals surface area (Å²) in [6, 6.07) is 14.2. The Kier molecular flexibility index (Phi) is 5.47. The molecule has 0 aliphatic carbocycles. The van der Waals surface area contributed by atoms with Gasteiger partial charge >= 0.3 is 5.69 Å². The molecular formula is C25H25N7O4. The molecule has 184 valence electrons. The number of fused-ring (bicyclic) bond motifs is 3. The van der Waals surface area contributed by atoms with Gasteiger partial charge in [0.2, 0.25) is 5.78 Å². The molecule has 0 N–H and O–H groups in total. The highest BCUT2D eigenvalue weighted by Crippen LogP contribution is 2.30. The van der Waals surface area contributed by atoms with Crippen LogP contribution in [0.3, 0.4) is 0 Å². The molecule has 0 spiro atoms. The van der Waals surface area contributed by atoms with E-state index in [4.69, 9.17) is 4.98 Å². The number of nitro benzene ring substituents is 1. The zero-order valence-electron chi connectivity index (χ0n) is 20.4. The van der Waals surface area contributed by atoms with E-state index in [9.17, 15) is 19.7 Å². The Labute approximate surface area is 205 Å². The third kappa shape index (κ3) is 3.39. The molecule has 0 atom stereocenters. The van der Waals surface area contributed by atoms with E-state index >= 15 is 0 Å². The summed E-state index contributed by atoms with van der Waals surface area (Å²) >= 11 is 0. The molecule has 3 aromatic heterocycles. The zero-order valence-corrected chi connectivity index (χ0v) is 20.4. The Bertz CT molecular complexity index is 1730. The maximum atomic E-state index is 13.1. The number of hydrogen-bond donors (Lipinski definition) is 0. The van der Waals surface area contributed by atoms with Gasteiger partial charge in [-0.15, -0.1) is 0 Å². The molecule has 0 aliphatic heterocycles. The number of nitro groups is 1. The largest absolute Gasteiger partial charge is 0.372 e. The summed E-state index contributed by atoms with van der Waals surface area (Å²) in [6.07, 6.45) is 1.77. The topological polar surface area (TPSA) is 113 Å². The Morgan fingerprint density at radius 2 is 1.58 bits per heavy atom. The predicted molar refractivity (Wildman–Crippen MR) is 138 cm³/mol. The van der Waals surface area contributed by atoms with E-state index in [2.05, 4.69) is 18.7 Å². The summed E-state index contributed by atoms with van der Waals surface area (Å²) in [7, 11) is 3.01. The molecule has 5 aromatic rings. The predicted octanol–water partition coefficient (Wildman–Crippen LogP) is 3.10. The number of rotatable bonds is 6. The van der Waals surface area contributed by atoms with E-state index in [1.807, 2.05) is 28.8 Å². The van der Waals surface area contributed by atoms with Crippen molar-refractivity contribution >= 4 is 28.3 Å². The fourth-order valence-corrected chi connectivity index (χ4v) is 4.58. The first-order chi connectivity index (χ1) is 17.3. The molecular weight excluding hydrogens is 462 g/mol. The number of aromatic nitrogens is 5. The van der Waals surface area contributed by atoms with E-state index in [0.717, 1.165) is 29.0 Å². The van der Waals surface area contributed by atoms with Crippen LogP contribution < -0.4 is 16.1 Å². The lowest BCUT2D eigenvalue weighted by atomic mass is 10.1. The molecule has 0 unspecified atom stereocenters. The van der Waals surface area contributed by atoms with Crippen molar-refractivity contribution in [1.82, 2.24) is 23.1 Å². The molecule has 2 aromatic carbocycles. The Balaban J connectivity index is 1.82. The van der Waals surface area contributed by atoms with Crippen molar-refractivity contribution in [3.8, 4) is 16.9 Å². The minimum atomic E-state index is -0.459. The summed E-state index contributed by atoms with van der Waals surface area (Å²) in [4.78, 5) is 43.2. The van der Waals surface area contributed by atoms with Gasteiger partial charge in [0.25, 0.3) is 11.2 Å². The van der Waals surface area contributed by atoms with Crippen LogP contribution in [0.15, 0.2) is 64.3 Å². The Hall–Kier alpha value is -4.67. The average Bonchev–Trinajstić information content (AvgIpc) is 3.44. The highest BCUT2D eigenvalue weighted by Gasteiger charge is 2.22. The van der Waals surface area contributed by atoms with Gasteiger partial charge in [0.15, 0.2) is 11.2 Å². The summed E-state index contributed by atoms with van der Waals surface area (Å²) in [5.41, 5.74) is 2.91. The number of hydrogen-bond acceptors (Lipinski definition) is 6. The maximum Gasteiger partial charge on any atom is 0.332 e. The van der Waals surface area contributed by atoms with Crippen molar-refractivity contribution in [2.24, 2.45) is 14.1 Å². The van der Waals surface area contributed by atoms with Gasteiger partial charge in [0, 0.05) is 62.5 Å². The first-order valence-corrected chi connectivity index (χ1v) is 11.6. The van der Waals surface area contributed by atoms with Crippen LogP contribution in [-0.2, 0) is 14.1 Å². The second kappa shape index (κ2) is 8.52. The van der Waals surface area contributed by atoms with Gasteiger partial charge in [-0.3, -0.25) is 33.0 Å². The third-order valence-corrected chi connectivity index (χ3v) is 6.58. The van der Waals surface area contributed by atoms with E-state index in [0.29, 0.717) is 17.0 Å². The molecule has 0 fully saturated rings. The van der Waals surface area contributed by atoms with Gasteiger partial charge in [-0.1, -0.05) is 0 Å². The molecule has 11 heteroatoms. The molecule has 0 aliphatic rings. The molecule has 0 bridgehead atoms. The molecule has 5 rings (SSSR count). The number of anilines is 1. The molecule has 36 heavy (non-hydrogen) atoms. The van der Waals surface area contributed by atoms with Crippen LogP contribution in [0.4, 0.5) is 11.4 Å². The quantitative estimate of drug-likeness (QED) is 0.269. The van der Waals surface area contributed by atoms with Crippen molar-refractivity contribution in [3.05, 3.63) is 85.7 Å². The number of benzene rings is 2. The van der Waals surface area contributed by atoms with Crippen molar-refractivity contribution < 1.29 is 4.92 Å². The summed E-state index contributed by atoms with van der Waals surface area (Å²) < 4.78 is 5.96. The molecule has 0 radical (unpaired) electrons. The SMILES string of the molecule is CCN(CC)c1ccc(-n2c(-c3ccc([N+](=O)[O-])cc3)cn3c4c(=O)n(C)c(=O)n(C)c4nc23)cc1. The molecule has 0 saturated heterocycles. The maximum absolute atomic E-state index is 13.1. The summed E-state index contributed by atoms with van der Waals surface area (Å²) in [5.74, 6) is 0.451. The zero-order chi connectivity index (χ0) is 25.7. The number of non-ortho nitro benzene ring substituents is 1. The van der Waals surface area contributed by atoms with Crippen LogP contribution in [0.1, 0.15) is 13.8 Å². The average molecular weight is 488 g/mol. The minimum Gasteiger partial charge on any atom is -0.372 e. The first-order valence-electron chi connectivity index (χ1n) is 11.6. The van der Waals surface area contributed by atoms with Crippen LogP contribution in [0.25, 0.3) is 33.9 Å². The second-order valence-corrected chi connectivity index (χ2v) is 8.50. The van der Waals surface area contributed by atoms with Crippen molar-refractivity contribution in [3.63, 3.8) is 0 Å².